The number of carbonyl (C=O) groups excluding carboxylic acids is 1. The molecule has 0 amide bonds. The Hall–Kier alpha value is -2.41. The molecule has 22 heavy (non-hydrogen) atoms. The molecule has 0 spiro atoms. The summed E-state index contributed by atoms with van der Waals surface area (Å²) < 4.78 is 9.83. The van der Waals surface area contributed by atoms with E-state index in [4.69, 9.17) is 4.74 Å². The van der Waals surface area contributed by atoms with Crippen LogP contribution in [-0.4, -0.2) is 37.8 Å². The Morgan fingerprint density at radius 1 is 1.50 bits per heavy atom. The highest BCUT2D eigenvalue weighted by Crippen LogP contribution is 2.23. The van der Waals surface area contributed by atoms with Crippen molar-refractivity contribution in [1.29, 1.82) is 0 Å². The molecule has 0 aromatic heterocycles. The molecule has 1 aliphatic heterocycles. The van der Waals surface area contributed by atoms with Crippen molar-refractivity contribution < 1.29 is 19.2 Å². The van der Waals surface area contributed by atoms with E-state index in [9.17, 15) is 14.9 Å². The first-order chi connectivity index (χ1) is 10.6. The molecule has 0 saturated heterocycles. The number of benzene rings is 1. The zero-order valence-electron chi connectivity index (χ0n) is 12.3. The second kappa shape index (κ2) is 7.56. The van der Waals surface area contributed by atoms with Crippen molar-refractivity contribution in [1.82, 2.24) is 0 Å². The lowest BCUT2D eigenvalue weighted by Crippen LogP contribution is -2.10. The molecule has 7 heteroatoms. The third-order valence-electron chi connectivity index (χ3n) is 3.43. The first-order valence-corrected chi connectivity index (χ1v) is 6.98. The predicted molar refractivity (Wildman–Crippen MR) is 81.1 cm³/mol. The largest absolute Gasteiger partial charge is 0.465 e. The van der Waals surface area contributed by atoms with Gasteiger partial charge in [-0.2, -0.15) is 0 Å². The van der Waals surface area contributed by atoms with Gasteiger partial charge in [0.1, 0.15) is 5.56 Å². The molecule has 0 radical (unpaired) electrons. The molecule has 1 aromatic rings. The lowest BCUT2D eigenvalue weighted by atomic mass is 10.1. The van der Waals surface area contributed by atoms with Crippen molar-refractivity contribution in [3.8, 4) is 0 Å². The van der Waals surface area contributed by atoms with Gasteiger partial charge in [-0.15, -0.1) is 0 Å². The van der Waals surface area contributed by atoms with E-state index in [0.717, 1.165) is 19.4 Å². The monoisotopic (exact) mass is 306 g/mol. The van der Waals surface area contributed by atoms with Gasteiger partial charge in [-0.1, -0.05) is 11.6 Å². The van der Waals surface area contributed by atoms with Crippen LogP contribution >= 0.6 is 0 Å². The maximum atomic E-state index is 11.6. The van der Waals surface area contributed by atoms with Crippen LogP contribution in [0.25, 0.3) is 0 Å². The van der Waals surface area contributed by atoms with Crippen LogP contribution in [0.15, 0.2) is 29.8 Å². The van der Waals surface area contributed by atoms with Gasteiger partial charge in [-0.3, -0.25) is 10.1 Å². The van der Waals surface area contributed by atoms with Crippen molar-refractivity contribution >= 4 is 17.3 Å². The Bertz CT molecular complexity index is 598. The minimum Gasteiger partial charge on any atom is -0.465 e. The minimum absolute atomic E-state index is 0.0530. The van der Waals surface area contributed by atoms with E-state index in [1.807, 2.05) is 0 Å². The molecule has 2 rings (SSSR count). The summed E-state index contributed by atoms with van der Waals surface area (Å²) >= 11 is 0. The second-order valence-corrected chi connectivity index (χ2v) is 4.84. The van der Waals surface area contributed by atoms with Gasteiger partial charge < -0.3 is 14.8 Å². The predicted octanol–water partition coefficient (Wildman–Crippen LogP) is 2.53. The molecule has 1 heterocycles. The number of ether oxygens (including phenoxy) is 2. The first kappa shape index (κ1) is 16.0. The van der Waals surface area contributed by atoms with Crippen LogP contribution in [0.2, 0.25) is 0 Å². The molecule has 0 bridgehead atoms. The Balaban J connectivity index is 2.03. The third-order valence-corrected chi connectivity index (χ3v) is 3.43. The summed E-state index contributed by atoms with van der Waals surface area (Å²) in [4.78, 5) is 22.0. The summed E-state index contributed by atoms with van der Waals surface area (Å²) in [6.07, 6.45) is 3.87. The van der Waals surface area contributed by atoms with Gasteiger partial charge in [-0.05, 0) is 25.0 Å². The van der Waals surface area contributed by atoms with Gasteiger partial charge in [0.25, 0.3) is 5.69 Å². The summed E-state index contributed by atoms with van der Waals surface area (Å²) in [6, 6.07) is 4.34. The topological polar surface area (TPSA) is 90.7 Å². The zero-order chi connectivity index (χ0) is 15.9. The third kappa shape index (κ3) is 4.05. The van der Waals surface area contributed by atoms with E-state index < -0.39 is 10.9 Å². The standard InChI is InChI=1S/C15H18N2O5/c1-21-15(18)13-10-12(2-3-14(13)17(19)20)16-7-4-11-5-8-22-9-6-11/h2-3,5,10,16H,4,6-9H2,1H3. The van der Waals surface area contributed by atoms with Gasteiger partial charge >= 0.3 is 5.97 Å². The highest BCUT2D eigenvalue weighted by Gasteiger charge is 2.21. The SMILES string of the molecule is COC(=O)c1cc(NCCC2=CCOCC2)ccc1[N+](=O)[O-]. The maximum absolute atomic E-state index is 11.6. The summed E-state index contributed by atoms with van der Waals surface area (Å²) in [5.74, 6) is -0.720. The number of hydrogen-bond acceptors (Lipinski definition) is 6. The fraction of sp³-hybridized carbons (Fsp3) is 0.400. The van der Waals surface area contributed by atoms with E-state index in [-0.39, 0.29) is 11.3 Å². The van der Waals surface area contributed by atoms with Gasteiger partial charge in [-0.25, -0.2) is 4.79 Å². The molecule has 0 aliphatic carbocycles. The van der Waals surface area contributed by atoms with E-state index in [0.29, 0.717) is 18.8 Å². The Kier molecular flexibility index (Phi) is 5.48. The summed E-state index contributed by atoms with van der Waals surface area (Å²) in [5, 5.41) is 14.1. The number of nitrogens with one attached hydrogen (secondary N) is 1. The number of nitro benzene ring substituents is 1. The minimum atomic E-state index is -0.720. The molecule has 1 aliphatic rings. The molecule has 1 aromatic carbocycles. The van der Waals surface area contributed by atoms with Crippen LogP contribution in [0.5, 0.6) is 0 Å². The maximum Gasteiger partial charge on any atom is 0.344 e. The number of rotatable bonds is 6. The van der Waals surface area contributed by atoms with Crippen LogP contribution in [0.1, 0.15) is 23.2 Å². The van der Waals surface area contributed by atoms with Crippen LogP contribution in [0.4, 0.5) is 11.4 Å². The number of carbonyl (C=O) groups is 1. The zero-order valence-corrected chi connectivity index (χ0v) is 12.3. The lowest BCUT2D eigenvalue weighted by Gasteiger charge is -2.14. The number of hydrogen-bond donors (Lipinski definition) is 1. The van der Waals surface area contributed by atoms with Crippen molar-refractivity contribution in [3.63, 3.8) is 0 Å². The molecular formula is C15H18N2O5. The summed E-state index contributed by atoms with van der Waals surface area (Å²) in [7, 11) is 1.20. The van der Waals surface area contributed by atoms with Gasteiger partial charge in [0.15, 0.2) is 0 Å². The van der Waals surface area contributed by atoms with Crippen molar-refractivity contribution in [2.75, 3.05) is 32.2 Å². The smallest absolute Gasteiger partial charge is 0.344 e. The Labute approximate surface area is 128 Å². The van der Waals surface area contributed by atoms with Crippen LogP contribution in [0, 0.1) is 10.1 Å². The molecule has 0 fully saturated rings. The summed E-state index contributed by atoms with van der Waals surface area (Å²) in [6.45, 7) is 2.08. The lowest BCUT2D eigenvalue weighted by molar-refractivity contribution is -0.385. The average Bonchev–Trinajstić information content (AvgIpc) is 2.54. The fourth-order valence-electron chi connectivity index (χ4n) is 2.24. The quantitative estimate of drug-likeness (QED) is 0.376. The van der Waals surface area contributed by atoms with E-state index in [1.54, 1.807) is 6.07 Å². The Morgan fingerprint density at radius 3 is 2.95 bits per heavy atom. The van der Waals surface area contributed by atoms with E-state index in [2.05, 4.69) is 16.1 Å². The highest BCUT2D eigenvalue weighted by atomic mass is 16.6. The number of esters is 1. The Morgan fingerprint density at radius 2 is 2.32 bits per heavy atom. The second-order valence-electron chi connectivity index (χ2n) is 4.84. The number of nitro groups is 1. The molecule has 0 unspecified atom stereocenters. The molecule has 118 valence electrons. The van der Waals surface area contributed by atoms with Crippen LogP contribution in [0.3, 0.4) is 0 Å². The van der Waals surface area contributed by atoms with Crippen molar-refractivity contribution in [3.05, 3.63) is 45.5 Å². The van der Waals surface area contributed by atoms with Crippen molar-refractivity contribution in [2.24, 2.45) is 0 Å². The molecule has 0 atom stereocenters. The van der Waals surface area contributed by atoms with Gasteiger partial charge in [0, 0.05) is 18.3 Å². The van der Waals surface area contributed by atoms with E-state index in [1.165, 1.54) is 24.8 Å². The van der Waals surface area contributed by atoms with Gasteiger partial charge in [0.05, 0.1) is 25.2 Å². The van der Waals surface area contributed by atoms with Gasteiger partial charge in [0.2, 0.25) is 0 Å². The van der Waals surface area contributed by atoms with Crippen LogP contribution in [-0.2, 0) is 9.47 Å². The molecule has 7 nitrogen and oxygen atoms in total. The molecule has 1 N–H and O–H groups in total. The average molecular weight is 306 g/mol. The first-order valence-electron chi connectivity index (χ1n) is 6.98. The van der Waals surface area contributed by atoms with E-state index >= 15 is 0 Å². The number of methoxy groups -OCH3 is 1. The summed E-state index contributed by atoms with van der Waals surface area (Å²) in [5.41, 5.74) is 1.67. The number of nitrogens with zero attached hydrogens (tertiary/aromatic N) is 1. The molecule has 0 saturated carbocycles. The normalized spacial score (nSPS) is 14.1. The highest BCUT2D eigenvalue weighted by molar-refractivity contribution is 5.95. The van der Waals surface area contributed by atoms with Crippen molar-refractivity contribution in [2.45, 2.75) is 12.8 Å². The van der Waals surface area contributed by atoms with Crippen LogP contribution < -0.4 is 5.32 Å². The molecular weight excluding hydrogens is 288 g/mol. The number of anilines is 1. The fourth-order valence-corrected chi connectivity index (χ4v) is 2.24.